The predicted molar refractivity (Wildman–Crippen MR) is 77.7 cm³/mol. The standard InChI is InChI=1S/C13H15ClF3NO4S/c1-3-7(2)10(12(19)20)18-23(21,22)11-8(13(15,16)17)5-4-6-9(11)14/h4-7,10,18H,3H2,1-2H3,(H,19,20)/t7-,10-/m0/s1. The van der Waals surface area contributed by atoms with Crippen LogP contribution in [0.5, 0.6) is 0 Å². The maximum absolute atomic E-state index is 13.0. The van der Waals surface area contributed by atoms with E-state index in [1.165, 1.54) is 6.92 Å². The van der Waals surface area contributed by atoms with Crippen molar-refractivity contribution in [1.29, 1.82) is 0 Å². The molecule has 0 saturated heterocycles. The minimum atomic E-state index is -4.95. The van der Waals surface area contributed by atoms with Crippen LogP contribution in [0.4, 0.5) is 13.2 Å². The van der Waals surface area contributed by atoms with Gasteiger partial charge < -0.3 is 5.11 Å². The Bertz CT molecular complexity index is 691. The van der Waals surface area contributed by atoms with Gasteiger partial charge in [0.05, 0.1) is 10.6 Å². The van der Waals surface area contributed by atoms with Gasteiger partial charge in [-0.05, 0) is 18.1 Å². The number of benzene rings is 1. The van der Waals surface area contributed by atoms with Crippen LogP contribution in [0.3, 0.4) is 0 Å². The van der Waals surface area contributed by atoms with Gasteiger partial charge in [-0.3, -0.25) is 4.79 Å². The third kappa shape index (κ3) is 4.58. The molecule has 0 aliphatic rings. The highest BCUT2D eigenvalue weighted by molar-refractivity contribution is 7.89. The highest BCUT2D eigenvalue weighted by atomic mass is 35.5. The molecule has 5 nitrogen and oxygen atoms in total. The molecule has 0 aliphatic carbocycles. The molecule has 1 aromatic carbocycles. The zero-order chi connectivity index (χ0) is 18.0. The molecule has 1 aromatic rings. The van der Waals surface area contributed by atoms with Crippen LogP contribution in [0.15, 0.2) is 23.1 Å². The summed E-state index contributed by atoms with van der Waals surface area (Å²) in [6, 6.07) is 0.958. The Morgan fingerprint density at radius 3 is 2.39 bits per heavy atom. The number of alkyl halides is 3. The van der Waals surface area contributed by atoms with Gasteiger partial charge in [0.1, 0.15) is 10.9 Å². The second-order valence-corrected chi connectivity index (χ2v) is 7.00. The summed E-state index contributed by atoms with van der Waals surface area (Å²) in [6.07, 6.45) is -4.64. The second-order valence-electron chi connectivity index (χ2n) is 4.94. The summed E-state index contributed by atoms with van der Waals surface area (Å²) in [5.74, 6) is -2.11. The number of sulfonamides is 1. The normalized spacial score (nSPS) is 15.2. The first kappa shape index (κ1) is 19.7. The van der Waals surface area contributed by atoms with Crippen LogP contribution in [0.2, 0.25) is 5.02 Å². The summed E-state index contributed by atoms with van der Waals surface area (Å²) >= 11 is 5.63. The number of carboxylic acid groups (broad SMARTS) is 1. The average Bonchev–Trinajstić information content (AvgIpc) is 2.42. The van der Waals surface area contributed by atoms with Crippen LogP contribution in [-0.2, 0) is 21.0 Å². The lowest BCUT2D eigenvalue weighted by Gasteiger charge is -2.22. The van der Waals surface area contributed by atoms with E-state index in [2.05, 4.69) is 0 Å². The van der Waals surface area contributed by atoms with Crippen molar-refractivity contribution in [3.8, 4) is 0 Å². The number of aliphatic carboxylic acids is 1. The van der Waals surface area contributed by atoms with E-state index >= 15 is 0 Å². The van der Waals surface area contributed by atoms with Crippen LogP contribution in [-0.4, -0.2) is 25.5 Å². The lowest BCUT2D eigenvalue weighted by atomic mass is 10.0. The molecule has 0 amide bonds. The summed E-state index contributed by atoms with van der Waals surface area (Å²) in [7, 11) is -4.79. The number of nitrogens with one attached hydrogen (secondary N) is 1. The Labute approximate surface area is 136 Å². The van der Waals surface area contributed by atoms with Crippen LogP contribution < -0.4 is 4.72 Å². The molecule has 2 atom stereocenters. The van der Waals surface area contributed by atoms with Gasteiger partial charge in [-0.1, -0.05) is 37.9 Å². The fourth-order valence-electron chi connectivity index (χ4n) is 1.88. The first-order valence-corrected chi connectivity index (χ1v) is 8.38. The van der Waals surface area contributed by atoms with Crippen LogP contribution in [0.1, 0.15) is 25.8 Å². The summed E-state index contributed by atoms with van der Waals surface area (Å²) in [5.41, 5.74) is -1.45. The number of carbonyl (C=O) groups is 1. The minimum Gasteiger partial charge on any atom is -0.480 e. The molecule has 0 fully saturated rings. The van der Waals surface area contributed by atoms with Crippen molar-refractivity contribution in [2.75, 3.05) is 0 Å². The molecule has 10 heteroatoms. The zero-order valence-electron chi connectivity index (χ0n) is 12.2. The second kappa shape index (κ2) is 7.06. The predicted octanol–water partition coefficient (Wildman–Crippen LogP) is 3.14. The van der Waals surface area contributed by atoms with Crippen molar-refractivity contribution < 1.29 is 31.5 Å². The molecule has 1 rings (SSSR count). The molecule has 0 aromatic heterocycles. The SMILES string of the molecule is CC[C@H](C)[C@H](NS(=O)(=O)c1c(Cl)cccc1C(F)(F)F)C(=O)O. The minimum absolute atomic E-state index is 0.314. The van der Waals surface area contributed by atoms with Gasteiger partial charge in [0.2, 0.25) is 10.0 Å². The molecule has 0 aliphatic heterocycles. The first-order valence-electron chi connectivity index (χ1n) is 6.52. The number of halogens is 4. The van der Waals surface area contributed by atoms with E-state index in [9.17, 15) is 26.4 Å². The van der Waals surface area contributed by atoms with E-state index in [1.807, 2.05) is 0 Å². The van der Waals surface area contributed by atoms with E-state index in [1.54, 1.807) is 11.6 Å². The van der Waals surface area contributed by atoms with E-state index in [4.69, 9.17) is 16.7 Å². The molecule has 0 unspecified atom stereocenters. The van der Waals surface area contributed by atoms with Gasteiger partial charge in [0, 0.05) is 0 Å². The molecule has 0 heterocycles. The maximum Gasteiger partial charge on any atom is 0.417 e. The average molecular weight is 374 g/mol. The molecule has 2 N–H and O–H groups in total. The highest BCUT2D eigenvalue weighted by Gasteiger charge is 2.40. The monoisotopic (exact) mass is 373 g/mol. The van der Waals surface area contributed by atoms with Gasteiger partial charge in [0.15, 0.2) is 0 Å². The summed E-state index contributed by atoms with van der Waals surface area (Å²) < 4.78 is 65.4. The van der Waals surface area contributed by atoms with Crippen molar-refractivity contribution in [3.05, 3.63) is 28.8 Å². The first-order chi connectivity index (χ1) is 10.4. The highest BCUT2D eigenvalue weighted by Crippen LogP contribution is 2.37. The smallest absolute Gasteiger partial charge is 0.417 e. The summed E-state index contributed by atoms with van der Waals surface area (Å²) in [6.45, 7) is 3.10. The van der Waals surface area contributed by atoms with Gasteiger partial charge in [-0.25, -0.2) is 8.42 Å². The number of carboxylic acids is 1. The number of rotatable bonds is 6. The van der Waals surface area contributed by atoms with Crippen LogP contribution in [0.25, 0.3) is 0 Å². The number of hydrogen-bond acceptors (Lipinski definition) is 3. The molecular weight excluding hydrogens is 359 g/mol. The Hall–Kier alpha value is -1.32. The number of hydrogen-bond donors (Lipinski definition) is 2. The van der Waals surface area contributed by atoms with Crippen molar-refractivity contribution >= 4 is 27.6 Å². The summed E-state index contributed by atoms with van der Waals surface area (Å²) in [4.78, 5) is 10.0. The molecule has 0 spiro atoms. The van der Waals surface area contributed by atoms with Gasteiger partial charge in [0.25, 0.3) is 0 Å². The molecule has 0 saturated carbocycles. The lowest BCUT2D eigenvalue weighted by molar-refractivity contribution is -0.140. The largest absolute Gasteiger partial charge is 0.480 e. The Balaban J connectivity index is 3.42. The van der Waals surface area contributed by atoms with Crippen molar-refractivity contribution in [1.82, 2.24) is 4.72 Å². The summed E-state index contributed by atoms with van der Waals surface area (Å²) in [5, 5.41) is 8.46. The molecular formula is C13H15ClF3NO4S. The molecule has 23 heavy (non-hydrogen) atoms. The fourth-order valence-corrected chi connectivity index (χ4v) is 3.94. The Kier molecular flexibility index (Phi) is 6.06. The Morgan fingerprint density at radius 1 is 1.39 bits per heavy atom. The van der Waals surface area contributed by atoms with Crippen LogP contribution >= 0.6 is 11.6 Å². The quantitative estimate of drug-likeness (QED) is 0.802. The van der Waals surface area contributed by atoms with Gasteiger partial charge >= 0.3 is 12.1 Å². The third-order valence-corrected chi connectivity index (χ3v) is 5.27. The Morgan fingerprint density at radius 2 is 1.96 bits per heavy atom. The molecule has 0 radical (unpaired) electrons. The third-order valence-electron chi connectivity index (χ3n) is 3.30. The fraction of sp³-hybridized carbons (Fsp3) is 0.462. The van der Waals surface area contributed by atoms with Crippen molar-refractivity contribution in [2.24, 2.45) is 5.92 Å². The topological polar surface area (TPSA) is 83.5 Å². The molecule has 130 valence electrons. The van der Waals surface area contributed by atoms with E-state index < -0.39 is 49.6 Å². The molecule has 0 bridgehead atoms. The van der Waals surface area contributed by atoms with E-state index in [-0.39, 0.29) is 0 Å². The van der Waals surface area contributed by atoms with Crippen molar-refractivity contribution in [2.45, 2.75) is 37.4 Å². The van der Waals surface area contributed by atoms with E-state index in [0.717, 1.165) is 12.1 Å². The van der Waals surface area contributed by atoms with Crippen LogP contribution in [0, 0.1) is 5.92 Å². The maximum atomic E-state index is 13.0. The van der Waals surface area contributed by atoms with Gasteiger partial charge in [-0.2, -0.15) is 17.9 Å². The van der Waals surface area contributed by atoms with Crippen molar-refractivity contribution in [3.63, 3.8) is 0 Å². The lowest BCUT2D eigenvalue weighted by Crippen LogP contribution is -2.45. The van der Waals surface area contributed by atoms with E-state index in [0.29, 0.717) is 12.5 Å². The van der Waals surface area contributed by atoms with Gasteiger partial charge in [-0.15, -0.1) is 0 Å². The zero-order valence-corrected chi connectivity index (χ0v) is 13.8.